The van der Waals surface area contributed by atoms with Gasteiger partial charge >= 0.3 is 0 Å². The van der Waals surface area contributed by atoms with Crippen LogP contribution in [-0.4, -0.2) is 10.3 Å². The maximum Gasteiger partial charge on any atom is 0.138 e. The lowest BCUT2D eigenvalue weighted by Crippen LogP contribution is -1.86. The number of hydrogen-bond donors (Lipinski definition) is 0. The molecule has 0 spiro atoms. The Bertz CT molecular complexity index is 589. The van der Waals surface area contributed by atoms with Gasteiger partial charge in [0.1, 0.15) is 5.40 Å². The van der Waals surface area contributed by atoms with Gasteiger partial charge in [0.05, 0.1) is 26.6 Å². The predicted molar refractivity (Wildman–Crippen MR) is 76.8 cm³/mol. The van der Waals surface area contributed by atoms with Crippen molar-refractivity contribution in [1.82, 2.24) is 0 Å². The molecule has 0 bridgehead atoms. The van der Waals surface area contributed by atoms with E-state index in [1.807, 2.05) is 19.2 Å². The molecular formula is C11H7N3S3. The summed E-state index contributed by atoms with van der Waals surface area (Å²) in [5, 5.41) is 15.4. The maximum atomic E-state index is 8.75. The number of isothiocyanates is 2. The molecule has 0 atom stereocenters. The molecule has 0 saturated carbocycles. The second kappa shape index (κ2) is 6.41. The molecule has 0 aliphatic carbocycles. The molecule has 6 heteroatoms. The molecule has 17 heavy (non-hydrogen) atoms. The summed E-state index contributed by atoms with van der Waals surface area (Å²) >= 11 is 10.2. The third-order valence-electron chi connectivity index (χ3n) is 2.28. The van der Waals surface area contributed by atoms with Crippen LogP contribution in [0.15, 0.2) is 20.9 Å². The van der Waals surface area contributed by atoms with E-state index in [0.717, 1.165) is 22.9 Å². The van der Waals surface area contributed by atoms with Crippen molar-refractivity contribution in [3.8, 4) is 5.40 Å². The summed E-state index contributed by atoms with van der Waals surface area (Å²) in [5.41, 5.74) is 3.20. The van der Waals surface area contributed by atoms with Gasteiger partial charge in [0.2, 0.25) is 0 Å². The lowest BCUT2D eigenvalue weighted by molar-refractivity contribution is 1.24. The summed E-state index contributed by atoms with van der Waals surface area (Å²) in [6.07, 6.45) is 0. The van der Waals surface area contributed by atoms with Crippen LogP contribution < -0.4 is 0 Å². The highest BCUT2D eigenvalue weighted by Gasteiger charge is 2.12. The minimum absolute atomic E-state index is 0.660. The van der Waals surface area contributed by atoms with E-state index in [9.17, 15) is 0 Å². The second-order valence-corrected chi connectivity index (χ2v) is 4.28. The Morgan fingerprint density at radius 3 is 2.35 bits per heavy atom. The van der Waals surface area contributed by atoms with Gasteiger partial charge in [0.25, 0.3) is 0 Å². The first-order valence-corrected chi connectivity index (χ1v) is 6.14. The van der Waals surface area contributed by atoms with Crippen molar-refractivity contribution in [1.29, 1.82) is 5.26 Å². The molecule has 1 aromatic rings. The van der Waals surface area contributed by atoms with Crippen LogP contribution in [0.5, 0.6) is 0 Å². The second-order valence-electron chi connectivity index (χ2n) is 3.09. The van der Waals surface area contributed by atoms with Gasteiger partial charge in [0.15, 0.2) is 0 Å². The first-order chi connectivity index (χ1) is 8.15. The number of nitrogens with zero attached hydrogens (tertiary/aromatic N) is 3. The molecule has 0 radical (unpaired) electrons. The number of thioether (sulfide) groups is 1. The summed E-state index contributed by atoms with van der Waals surface area (Å²) < 4.78 is 0. The number of thiocarbonyl (C=S) groups is 2. The summed E-state index contributed by atoms with van der Waals surface area (Å²) in [6, 6.07) is 1.75. The van der Waals surface area contributed by atoms with Gasteiger partial charge in [-0.3, -0.25) is 0 Å². The van der Waals surface area contributed by atoms with Crippen LogP contribution in [0.1, 0.15) is 11.1 Å². The number of aliphatic imine (C=N–C) groups is 2. The molecule has 0 fully saturated rings. The van der Waals surface area contributed by atoms with Crippen molar-refractivity contribution >= 4 is 57.9 Å². The van der Waals surface area contributed by atoms with Gasteiger partial charge in [-0.2, -0.15) is 15.2 Å². The van der Waals surface area contributed by atoms with E-state index in [2.05, 4.69) is 44.7 Å². The molecule has 84 valence electrons. The lowest BCUT2D eigenvalue weighted by Gasteiger charge is -2.09. The number of hydrogen-bond acceptors (Lipinski definition) is 6. The third-order valence-corrected chi connectivity index (χ3v) is 3.09. The molecule has 0 N–H and O–H groups in total. The molecule has 0 aliphatic heterocycles. The van der Waals surface area contributed by atoms with Crippen molar-refractivity contribution in [2.24, 2.45) is 9.98 Å². The van der Waals surface area contributed by atoms with Crippen molar-refractivity contribution in [3.63, 3.8) is 0 Å². The molecule has 0 heterocycles. The Hall–Kier alpha value is -1.34. The summed E-state index contributed by atoms with van der Waals surface area (Å²) in [6.45, 7) is 3.80. The van der Waals surface area contributed by atoms with Crippen LogP contribution in [-0.2, 0) is 0 Å². The number of benzene rings is 1. The highest BCUT2D eigenvalue weighted by molar-refractivity contribution is 8.03. The minimum Gasteiger partial charge on any atom is -0.194 e. The van der Waals surface area contributed by atoms with Gasteiger partial charge in [0, 0.05) is 0 Å². The molecule has 0 aromatic heterocycles. The van der Waals surface area contributed by atoms with E-state index in [0.29, 0.717) is 16.3 Å². The summed E-state index contributed by atoms with van der Waals surface area (Å²) in [4.78, 5) is 8.65. The van der Waals surface area contributed by atoms with E-state index >= 15 is 0 Å². The zero-order valence-corrected chi connectivity index (χ0v) is 11.6. The van der Waals surface area contributed by atoms with Crippen LogP contribution in [0.2, 0.25) is 0 Å². The van der Waals surface area contributed by atoms with Crippen LogP contribution >= 0.6 is 36.2 Å². The van der Waals surface area contributed by atoms with E-state index in [4.69, 9.17) is 5.26 Å². The number of nitriles is 1. The largest absolute Gasteiger partial charge is 0.194 e. The van der Waals surface area contributed by atoms with Crippen LogP contribution in [0.4, 0.5) is 11.4 Å². The smallest absolute Gasteiger partial charge is 0.138 e. The Morgan fingerprint density at radius 1 is 1.18 bits per heavy atom. The van der Waals surface area contributed by atoms with Gasteiger partial charge < -0.3 is 0 Å². The van der Waals surface area contributed by atoms with E-state index in [-0.39, 0.29) is 0 Å². The molecule has 1 aromatic carbocycles. The Kier molecular flexibility index (Phi) is 5.17. The number of rotatable bonds is 3. The highest BCUT2D eigenvalue weighted by Crippen LogP contribution is 2.38. The SMILES string of the molecule is Cc1c(N=C=S)cc(SC#N)c(N=C=S)c1C. The molecule has 0 saturated heterocycles. The molecule has 0 amide bonds. The van der Waals surface area contributed by atoms with Crippen molar-refractivity contribution in [2.75, 3.05) is 0 Å². The third kappa shape index (κ3) is 3.07. The molecule has 0 aliphatic rings. The molecule has 1 rings (SSSR count). The topological polar surface area (TPSA) is 48.5 Å². The van der Waals surface area contributed by atoms with Gasteiger partial charge in [-0.15, -0.1) is 0 Å². The molecule has 3 nitrogen and oxygen atoms in total. The Morgan fingerprint density at radius 2 is 1.82 bits per heavy atom. The minimum atomic E-state index is 0.660. The normalized spacial score (nSPS) is 8.76. The first kappa shape index (κ1) is 13.7. The zero-order valence-electron chi connectivity index (χ0n) is 9.14. The standard InChI is InChI=1S/C11H7N3S3/c1-7-8(2)11(14-6-16)10(17-4-12)3-9(7)13-5-15/h3H,1-2H3. The fraction of sp³-hybridized carbons (Fsp3) is 0.182. The average Bonchev–Trinajstić information content (AvgIpc) is 2.31. The van der Waals surface area contributed by atoms with Crippen molar-refractivity contribution in [3.05, 3.63) is 17.2 Å². The quantitative estimate of drug-likeness (QED) is 0.357. The summed E-state index contributed by atoms with van der Waals surface area (Å²) in [7, 11) is 0. The highest BCUT2D eigenvalue weighted by atomic mass is 32.2. The van der Waals surface area contributed by atoms with Gasteiger partial charge in [-0.05, 0) is 67.2 Å². The van der Waals surface area contributed by atoms with Crippen LogP contribution in [0, 0.1) is 24.5 Å². The van der Waals surface area contributed by atoms with Crippen LogP contribution in [0.3, 0.4) is 0 Å². The number of thiocyanates is 1. The lowest BCUT2D eigenvalue weighted by atomic mass is 10.1. The van der Waals surface area contributed by atoms with Crippen LogP contribution in [0.25, 0.3) is 0 Å². The first-order valence-electron chi connectivity index (χ1n) is 4.51. The maximum absolute atomic E-state index is 8.75. The Labute approximate surface area is 114 Å². The zero-order chi connectivity index (χ0) is 12.8. The summed E-state index contributed by atoms with van der Waals surface area (Å²) in [5.74, 6) is 0. The van der Waals surface area contributed by atoms with E-state index in [1.165, 1.54) is 0 Å². The fourth-order valence-corrected chi connectivity index (χ4v) is 2.09. The van der Waals surface area contributed by atoms with Crippen molar-refractivity contribution < 1.29 is 0 Å². The van der Waals surface area contributed by atoms with Crippen molar-refractivity contribution in [2.45, 2.75) is 18.7 Å². The molecular weight excluding hydrogens is 270 g/mol. The van der Waals surface area contributed by atoms with E-state index < -0.39 is 0 Å². The predicted octanol–water partition coefficient (Wildman–Crippen LogP) is 4.35. The monoisotopic (exact) mass is 277 g/mol. The fourth-order valence-electron chi connectivity index (χ4n) is 1.33. The Balaban J connectivity index is 3.61. The van der Waals surface area contributed by atoms with Gasteiger partial charge in [-0.25, -0.2) is 0 Å². The van der Waals surface area contributed by atoms with E-state index in [1.54, 1.807) is 6.07 Å². The average molecular weight is 277 g/mol. The molecule has 0 unspecified atom stereocenters. The van der Waals surface area contributed by atoms with Gasteiger partial charge in [-0.1, -0.05) is 0 Å².